The first-order chi connectivity index (χ1) is 10.1. The van der Waals surface area contributed by atoms with Crippen LogP contribution in [0, 0.1) is 12.7 Å². The molecule has 0 saturated carbocycles. The maximum Gasteiger partial charge on any atom is 0.129 e. The molecule has 0 N–H and O–H groups in total. The summed E-state index contributed by atoms with van der Waals surface area (Å²) in [5, 5.41) is 0. The lowest BCUT2D eigenvalue weighted by Gasteiger charge is -2.09. The standard InChI is InChI=1S/C16H14ClFN2O/c1-10-7-15-14(8-13(10)18)19-16(9-17)20(15)11-3-5-12(21-2)6-4-11/h3-8H,9H2,1-2H3. The number of alkyl halides is 1. The number of ether oxygens (including phenoxy) is 1. The molecule has 3 nitrogen and oxygen atoms in total. The lowest BCUT2D eigenvalue weighted by atomic mass is 10.2. The molecule has 3 rings (SSSR count). The van der Waals surface area contributed by atoms with Crippen molar-refractivity contribution < 1.29 is 9.13 Å². The van der Waals surface area contributed by atoms with Crippen LogP contribution in [0.1, 0.15) is 11.4 Å². The van der Waals surface area contributed by atoms with Crippen LogP contribution in [0.15, 0.2) is 36.4 Å². The van der Waals surface area contributed by atoms with Crippen molar-refractivity contribution in [2.75, 3.05) is 7.11 Å². The molecule has 0 spiro atoms. The third kappa shape index (κ3) is 2.36. The van der Waals surface area contributed by atoms with Crippen LogP contribution >= 0.6 is 11.6 Å². The van der Waals surface area contributed by atoms with E-state index in [0.29, 0.717) is 16.9 Å². The lowest BCUT2D eigenvalue weighted by Crippen LogP contribution is -1.99. The first-order valence-electron chi connectivity index (χ1n) is 6.52. The number of benzene rings is 2. The van der Waals surface area contributed by atoms with Crippen LogP contribution in [0.3, 0.4) is 0 Å². The van der Waals surface area contributed by atoms with Gasteiger partial charge in [0.25, 0.3) is 0 Å². The molecule has 0 bridgehead atoms. The van der Waals surface area contributed by atoms with E-state index >= 15 is 0 Å². The predicted molar refractivity (Wildman–Crippen MR) is 81.9 cm³/mol. The Morgan fingerprint density at radius 2 is 1.95 bits per heavy atom. The van der Waals surface area contributed by atoms with Crippen molar-refractivity contribution in [3.63, 3.8) is 0 Å². The number of fused-ring (bicyclic) bond motifs is 1. The lowest BCUT2D eigenvalue weighted by molar-refractivity contribution is 0.414. The van der Waals surface area contributed by atoms with E-state index in [2.05, 4.69) is 4.98 Å². The summed E-state index contributed by atoms with van der Waals surface area (Å²) in [5.74, 6) is 1.45. The Labute approximate surface area is 126 Å². The molecule has 3 aromatic rings. The van der Waals surface area contributed by atoms with Gasteiger partial charge in [-0.1, -0.05) is 0 Å². The molecule has 108 valence electrons. The predicted octanol–water partition coefficient (Wildman–Crippen LogP) is 4.22. The summed E-state index contributed by atoms with van der Waals surface area (Å²) in [6.45, 7) is 1.74. The SMILES string of the molecule is COc1ccc(-n2c(CCl)nc3cc(F)c(C)cc32)cc1. The monoisotopic (exact) mass is 304 g/mol. The van der Waals surface area contributed by atoms with Gasteiger partial charge < -0.3 is 4.74 Å². The number of aryl methyl sites for hydroxylation is 1. The van der Waals surface area contributed by atoms with Crippen molar-refractivity contribution in [1.82, 2.24) is 9.55 Å². The van der Waals surface area contributed by atoms with Gasteiger partial charge in [0, 0.05) is 11.8 Å². The van der Waals surface area contributed by atoms with Gasteiger partial charge >= 0.3 is 0 Å². The molecule has 1 heterocycles. The number of halogens is 2. The quantitative estimate of drug-likeness (QED) is 0.677. The zero-order chi connectivity index (χ0) is 15.0. The van der Waals surface area contributed by atoms with Crippen molar-refractivity contribution in [2.45, 2.75) is 12.8 Å². The fourth-order valence-electron chi connectivity index (χ4n) is 2.36. The largest absolute Gasteiger partial charge is 0.497 e. The minimum atomic E-state index is -0.261. The summed E-state index contributed by atoms with van der Waals surface area (Å²) in [6.07, 6.45) is 0. The Bertz CT molecular complexity index is 796. The number of methoxy groups -OCH3 is 1. The summed E-state index contributed by atoms with van der Waals surface area (Å²) in [4.78, 5) is 4.41. The van der Waals surface area contributed by atoms with Crippen LogP contribution in [0.5, 0.6) is 5.75 Å². The van der Waals surface area contributed by atoms with Crippen LogP contribution in [-0.4, -0.2) is 16.7 Å². The van der Waals surface area contributed by atoms with Crippen LogP contribution in [0.2, 0.25) is 0 Å². The van der Waals surface area contributed by atoms with Crippen molar-refractivity contribution >= 4 is 22.6 Å². The second kappa shape index (κ2) is 5.37. The first-order valence-corrected chi connectivity index (χ1v) is 7.05. The van der Waals surface area contributed by atoms with Crippen LogP contribution in [-0.2, 0) is 5.88 Å². The molecule has 5 heteroatoms. The molecule has 0 aliphatic heterocycles. The number of nitrogens with zero attached hydrogens (tertiary/aromatic N) is 2. The van der Waals surface area contributed by atoms with Crippen molar-refractivity contribution in [3.05, 3.63) is 53.6 Å². The molecular weight excluding hydrogens is 291 g/mol. The molecular formula is C16H14ClFN2O. The Balaban J connectivity index is 2.25. The van der Waals surface area contributed by atoms with Gasteiger partial charge in [-0.15, -0.1) is 11.6 Å². The zero-order valence-corrected chi connectivity index (χ0v) is 12.5. The van der Waals surface area contributed by atoms with E-state index in [0.717, 1.165) is 17.0 Å². The number of hydrogen-bond donors (Lipinski definition) is 0. The van der Waals surface area contributed by atoms with Gasteiger partial charge in [-0.3, -0.25) is 4.57 Å². The molecule has 0 fully saturated rings. The average Bonchev–Trinajstić information content (AvgIpc) is 2.85. The number of imidazole rings is 1. The molecule has 0 amide bonds. The third-order valence-corrected chi connectivity index (χ3v) is 3.69. The van der Waals surface area contributed by atoms with E-state index in [1.54, 1.807) is 20.1 Å². The Morgan fingerprint density at radius 1 is 1.24 bits per heavy atom. The second-order valence-corrected chi connectivity index (χ2v) is 5.05. The highest BCUT2D eigenvalue weighted by atomic mass is 35.5. The van der Waals surface area contributed by atoms with E-state index in [4.69, 9.17) is 16.3 Å². The number of hydrogen-bond acceptors (Lipinski definition) is 2. The highest BCUT2D eigenvalue weighted by Gasteiger charge is 2.13. The smallest absolute Gasteiger partial charge is 0.129 e. The van der Waals surface area contributed by atoms with E-state index < -0.39 is 0 Å². The van der Waals surface area contributed by atoms with Crippen molar-refractivity contribution in [3.8, 4) is 11.4 Å². The summed E-state index contributed by atoms with van der Waals surface area (Å²) in [7, 11) is 1.62. The molecule has 0 aliphatic carbocycles. The van der Waals surface area contributed by atoms with E-state index in [1.165, 1.54) is 6.07 Å². The number of rotatable bonds is 3. The van der Waals surface area contributed by atoms with E-state index in [9.17, 15) is 4.39 Å². The maximum atomic E-state index is 13.7. The molecule has 0 atom stereocenters. The fraction of sp³-hybridized carbons (Fsp3) is 0.188. The summed E-state index contributed by atoms with van der Waals surface area (Å²) >= 11 is 5.99. The zero-order valence-electron chi connectivity index (χ0n) is 11.7. The molecule has 0 aliphatic rings. The topological polar surface area (TPSA) is 27.1 Å². The summed E-state index contributed by atoms with van der Waals surface area (Å²) in [5.41, 5.74) is 2.94. The van der Waals surface area contributed by atoms with E-state index in [1.807, 2.05) is 28.8 Å². The van der Waals surface area contributed by atoms with E-state index in [-0.39, 0.29) is 11.7 Å². The van der Waals surface area contributed by atoms with Gasteiger partial charge in [0.15, 0.2) is 0 Å². The van der Waals surface area contributed by atoms with Gasteiger partial charge in [0.2, 0.25) is 0 Å². The average molecular weight is 305 g/mol. The van der Waals surface area contributed by atoms with Gasteiger partial charge in [0.1, 0.15) is 17.4 Å². The van der Waals surface area contributed by atoms with Gasteiger partial charge in [-0.2, -0.15) is 0 Å². The molecule has 21 heavy (non-hydrogen) atoms. The maximum absolute atomic E-state index is 13.7. The second-order valence-electron chi connectivity index (χ2n) is 4.79. The van der Waals surface area contributed by atoms with Crippen molar-refractivity contribution in [1.29, 1.82) is 0 Å². The summed E-state index contributed by atoms with van der Waals surface area (Å²) < 4.78 is 20.8. The molecule has 0 saturated heterocycles. The normalized spacial score (nSPS) is 11.0. The highest BCUT2D eigenvalue weighted by Crippen LogP contribution is 2.26. The summed E-state index contributed by atoms with van der Waals surface area (Å²) in [6, 6.07) is 10.8. The van der Waals surface area contributed by atoms with Gasteiger partial charge in [-0.05, 0) is 42.8 Å². The van der Waals surface area contributed by atoms with Crippen LogP contribution in [0.25, 0.3) is 16.7 Å². The Kier molecular flexibility index (Phi) is 3.55. The molecule has 0 unspecified atom stereocenters. The van der Waals surface area contributed by atoms with Crippen LogP contribution in [0.4, 0.5) is 4.39 Å². The number of aromatic nitrogens is 2. The minimum absolute atomic E-state index is 0.251. The highest BCUT2D eigenvalue weighted by molar-refractivity contribution is 6.17. The van der Waals surface area contributed by atoms with Gasteiger partial charge in [-0.25, -0.2) is 9.37 Å². The Hall–Kier alpha value is -2.07. The molecule has 1 aromatic heterocycles. The fourth-order valence-corrected chi connectivity index (χ4v) is 2.54. The van der Waals surface area contributed by atoms with Gasteiger partial charge in [0.05, 0.1) is 24.0 Å². The molecule has 2 aromatic carbocycles. The third-order valence-electron chi connectivity index (χ3n) is 3.45. The first kappa shape index (κ1) is 13.9. The van der Waals surface area contributed by atoms with Crippen LogP contribution < -0.4 is 4.74 Å². The van der Waals surface area contributed by atoms with Crippen molar-refractivity contribution in [2.24, 2.45) is 0 Å². The molecule has 0 radical (unpaired) electrons. The Morgan fingerprint density at radius 3 is 2.57 bits per heavy atom. The minimum Gasteiger partial charge on any atom is -0.497 e.